The van der Waals surface area contributed by atoms with Crippen LogP contribution in [0.5, 0.6) is 0 Å². The molecule has 1 unspecified atom stereocenters. The van der Waals surface area contributed by atoms with Gasteiger partial charge < -0.3 is 0 Å². The molecule has 0 fully saturated rings. The Morgan fingerprint density at radius 3 is 2.22 bits per heavy atom. The lowest BCUT2D eigenvalue weighted by Gasteiger charge is -2.20. The molecule has 36 heavy (non-hydrogen) atoms. The fourth-order valence-electron chi connectivity index (χ4n) is 4.91. The van der Waals surface area contributed by atoms with Gasteiger partial charge in [-0.3, -0.25) is 0 Å². The number of halogens is 2. The number of sulfonamides is 1. The minimum absolute atomic E-state index is 0.106. The van der Waals surface area contributed by atoms with Gasteiger partial charge in [0, 0.05) is 22.5 Å². The summed E-state index contributed by atoms with van der Waals surface area (Å²) in [5.41, 5.74) is 7.59. The molecule has 0 aromatic heterocycles. The highest BCUT2D eigenvalue weighted by Crippen LogP contribution is 2.50. The van der Waals surface area contributed by atoms with Gasteiger partial charge in [-0.15, -0.1) is 0 Å². The fourth-order valence-corrected chi connectivity index (χ4v) is 6.46. The first-order chi connectivity index (χ1) is 17.3. The van der Waals surface area contributed by atoms with E-state index in [-0.39, 0.29) is 17.4 Å². The molecule has 0 aliphatic heterocycles. The molecule has 1 aliphatic carbocycles. The van der Waals surface area contributed by atoms with Crippen molar-refractivity contribution in [2.24, 2.45) is 0 Å². The fraction of sp³-hybridized carbons (Fsp3) is 0.133. The maximum Gasteiger partial charge on any atom is 0.240 e. The van der Waals surface area contributed by atoms with E-state index in [1.165, 1.54) is 0 Å². The van der Waals surface area contributed by atoms with E-state index in [0.717, 1.165) is 39.0 Å². The maximum absolute atomic E-state index is 13.0. The first-order valence-corrected chi connectivity index (χ1v) is 14.0. The van der Waals surface area contributed by atoms with E-state index in [0.29, 0.717) is 16.5 Å². The van der Waals surface area contributed by atoms with E-state index in [9.17, 15) is 8.42 Å². The Kier molecular flexibility index (Phi) is 7.05. The van der Waals surface area contributed by atoms with Crippen molar-refractivity contribution in [2.45, 2.75) is 24.2 Å². The van der Waals surface area contributed by atoms with E-state index in [4.69, 9.17) is 23.2 Å². The van der Waals surface area contributed by atoms with Crippen molar-refractivity contribution in [1.29, 1.82) is 0 Å². The summed E-state index contributed by atoms with van der Waals surface area (Å²) in [6.07, 6.45) is 0.521. The molecule has 0 saturated carbocycles. The van der Waals surface area contributed by atoms with Crippen molar-refractivity contribution < 1.29 is 8.42 Å². The Labute approximate surface area is 222 Å². The molecule has 4 aromatic rings. The van der Waals surface area contributed by atoms with Crippen LogP contribution in [0.15, 0.2) is 108 Å². The highest BCUT2D eigenvalue weighted by Gasteiger charge is 2.33. The number of fused-ring (bicyclic) bond motifs is 1. The highest BCUT2D eigenvalue weighted by atomic mass is 35.5. The third-order valence-corrected chi connectivity index (χ3v) is 8.60. The Balaban J connectivity index is 1.57. The summed E-state index contributed by atoms with van der Waals surface area (Å²) < 4.78 is 28.7. The lowest BCUT2D eigenvalue weighted by Crippen LogP contribution is -2.25. The zero-order valence-corrected chi connectivity index (χ0v) is 22.0. The smallest absolute Gasteiger partial charge is 0.211 e. The lowest BCUT2D eigenvalue weighted by atomic mass is 9.86. The van der Waals surface area contributed by atoms with Crippen LogP contribution in [0.3, 0.4) is 0 Å². The molecule has 5 rings (SSSR count). The molecule has 182 valence electrons. The van der Waals surface area contributed by atoms with E-state index < -0.39 is 10.0 Å². The molecule has 0 amide bonds. The average molecular weight is 535 g/mol. The third kappa shape index (κ3) is 4.87. The van der Waals surface area contributed by atoms with Gasteiger partial charge in [0.25, 0.3) is 0 Å². The second-order valence-electron chi connectivity index (χ2n) is 8.91. The summed E-state index contributed by atoms with van der Waals surface area (Å²) in [5, 5.41) is 1.17. The molecule has 4 aromatic carbocycles. The van der Waals surface area contributed by atoms with Crippen LogP contribution in [0.4, 0.5) is 0 Å². The van der Waals surface area contributed by atoms with Crippen molar-refractivity contribution >= 4 is 38.8 Å². The molecular formula is C30H25Cl2NO2S. The van der Waals surface area contributed by atoms with Crippen LogP contribution in [0.2, 0.25) is 10.0 Å². The van der Waals surface area contributed by atoms with Gasteiger partial charge in [0.2, 0.25) is 10.0 Å². The minimum Gasteiger partial charge on any atom is -0.211 e. The molecule has 0 saturated heterocycles. The van der Waals surface area contributed by atoms with Gasteiger partial charge in [-0.25, -0.2) is 13.1 Å². The Morgan fingerprint density at radius 1 is 0.806 bits per heavy atom. The van der Waals surface area contributed by atoms with Crippen molar-refractivity contribution in [2.75, 3.05) is 6.54 Å². The van der Waals surface area contributed by atoms with Crippen LogP contribution in [0.25, 0.3) is 5.57 Å². The number of rotatable bonds is 7. The van der Waals surface area contributed by atoms with Crippen LogP contribution in [0, 0.1) is 6.92 Å². The summed E-state index contributed by atoms with van der Waals surface area (Å²) in [7, 11) is -3.63. The second kappa shape index (κ2) is 10.2. The van der Waals surface area contributed by atoms with Crippen LogP contribution in [-0.4, -0.2) is 15.0 Å². The molecule has 1 N–H and O–H groups in total. The number of hydrogen-bond acceptors (Lipinski definition) is 2. The standard InChI is InChI=1S/C30H25Cl2NO2S/c1-20-11-14-23(15-12-20)36(34,35)33-18-17-27-29(21-7-3-2-4-8-21)24-9-5-6-10-25(24)30(27)26-16-13-22(31)19-28(26)32/h2-16,19,30,33H,17-18H2,1H3. The summed E-state index contributed by atoms with van der Waals surface area (Å²) in [4.78, 5) is 0.261. The predicted molar refractivity (Wildman–Crippen MR) is 148 cm³/mol. The number of nitrogens with one attached hydrogen (secondary N) is 1. The summed E-state index contributed by atoms with van der Waals surface area (Å²) in [6, 6.07) is 31.0. The van der Waals surface area contributed by atoms with E-state index in [1.807, 2.05) is 49.4 Å². The van der Waals surface area contributed by atoms with E-state index >= 15 is 0 Å². The molecule has 0 radical (unpaired) electrons. The SMILES string of the molecule is Cc1ccc(S(=O)(=O)NCCC2=C(c3ccccc3)c3ccccc3C2c2ccc(Cl)cc2Cl)cc1. The molecule has 3 nitrogen and oxygen atoms in total. The minimum atomic E-state index is -3.63. The van der Waals surface area contributed by atoms with Crippen LogP contribution in [-0.2, 0) is 10.0 Å². The largest absolute Gasteiger partial charge is 0.240 e. The Bertz CT molecular complexity index is 1550. The zero-order chi connectivity index (χ0) is 25.3. The van der Waals surface area contributed by atoms with Crippen molar-refractivity contribution in [1.82, 2.24) is 4.72 Å². The monoisotopic (exact) mass is 533 g/mol. The number of hydrogen-bond donors (Lipinski definition) is 1. The Morgan fingerprint density at radius 2 is 1.50 bits per heavy atom. The summed E-state index contributed by atoms with van der Waals surface area (Å²) >= 11 is 12.9. The van der Waals surface area contributed by atoms with Gasteiger partial charge in [0.05, 0.1) is 4.90 Å². The molecular weight excluding hydrogens is 509 g/mol. The van der Waals surface area contributed by atoms with Crippen molar-refractivity contribution in [3.05, 3.63) is 140 Å². The molecule has 0 heterocycles. The van der Waals surface area contributed by atoms with Gasteiger partial charge in [0.15, 0.2) is 0 Å². The van der Waals surface area contributed by atoms with Gasteiger partial charge in [0.1, 0.15) is 0 Å². The van der Waals surface area contributed by atoms with Crippen LogP contribution in [0.1, 0.15) is 40.2 Å². The number of benzene rings is 4. The van der Waals surface area contributed by atoms with Crippen LogP contribution < -0.4 is 4.72 Å². The lowest BCUT2D eigenvalue weighted by molar-refractivity contribution is 0.581. The third-order valence-electron chi connectivity index (χ3n) is 6.56. The van der Waals surface area contributed by atoms with Gasteiger partial charge >= 0.3 is 0 Å². The van der Waals surface area contributed by atoms with Crippen LogP contribution >= 0.6 is 23.2 Å². The molecule has 1 atom stereocenters. The van der Waals surface area contributed by atoms with Gasteiger partial charge in [-0.1, -0.05) is 102 Å². The molecule has 0 spiro atoms. The maximum atomic E-state index is 13.0. The summed E-state index contributed by atoms with van der Waals surface area (Å²) in [5.74, 6) is -0.106. The Hall–Kier alpha value is -2.89. The topological polar surface area (TPSA) is 46.2 Å². The second-order valence-corrected chi connectivity index (χ2v) is 11.5. The first kappa shape index (κ1) is 24.8. The van der Waals surface area contributed by atoms with Crippen molar-refractivity contribution in [3.63, 3.8) is 0 Å². The van der Waals surface area contributed by atoms with Crippen molar-refractivity contribution in [3.8, 4) is 0 Å². The highest BCUT2D eigenvalue weighted by molar-refractivity contribution is 7.89. The predicted octanol–water partition coefficient (Wildman–Crippen LogP) is 7.62. The number of aryl methyl sites for hydroxylation is 1. The van der Waals surface area contributed by atoms with Gasteiger partial charge in [-0.05, 0) is 71.0 Å². The molecule has 1 aliphatic rings. The normalized spacial score (nSPS) is 15.2. The van der Waals surface area contributed by atoms with E-state index in [2.05, 4.69) is 29.0 Å². The quantitative estimate of drug-likeness (QED) is 0.265. The van der Waals surface area contributed by atoms with Gasteiger partial charge in [-0.2, -0.15) is 0 Å². The van der Waals surface area contributed by atoms with E-state index in [1.54, 1.807) is 30.3 Å². The molecule has 0 bridgehead atoms. The molecule has 6 heteroatoms. The summed E-state index contributed by atoms with van der Waals surface area (Å²) in [6.45, 7) is 2.19. The first-order valence-electron chi connectivity index (χ1n) is 11.7. The average Bonchev–Trinajstić information content (AvgIpc) is 3.18. The zero-order valence-electron chi connectivity index (χ0n) is 19.7.